The van der Waals surface area contributed by atoms with E-state index in [2.05, 4.69) is 15.6 Å². The molecule has 1 N–H and O–H groups in total. The number of nitrogens with one attached hydrogen (secondary N) is 1. The fraction of sp³-hybridized carbons (Fsp3) is 0.118. The number of aromatic nitrogens is 3. The zero-order chi connectivity index (χ0) is 16.1. The highest BCUT2D eigenvalue weighted by Gasteiger charge is 2.11. The first-order valence-electron chi connectivity index (χ1n) is 7.15. The molecule has 116 valence electrons. The van der Waals surface area contributed by atoms with Gasteiger partial charge in [0.05, 0.1) is 19.0 Å². The summed E-state index contributed by atoms with van der Waals surface area (Å²) in [4.78, 5) is 12.1. The smallest absolute Gasteiger partial charge is 0.273 e. The fourth-order valence-corrected chi connectivity index (χ4v) is 2.09. The number of hydrogen-bond donors (Lipinski definition) is 1. The number of benzene rings is 2. The predicted molar refractivity (Wildman–Crippen MR) is 85.5 cm³/mol. The molecule has 1 aromatic heterocycles. The number of methoxy groups -OCH3 is 1. The Kier molecular flexibility index (Phi) is 4.33. The maximum Gasteiger partial charge on any atom is 0.273 e. The summed E-state index contributed by atoms with van der Waals surface area (Å²) in [5.41, 5.74) is 2.12. The van der Waals surface area contributed by atoms with Gasteiger partial charge in [0.15, 0.2) is 5.69 Å². The zero-order valence-corrected chi connectivity index (χ0v) is 12.6. The van der Waals surface area contributed by atoms with Crippen LogP contribution >= 0.6 is 0 Å². The standard InChI is InChI=1S/C17H16N4O2/c1-23-15-9-7-13(8-10-15)11-18-17(22)16-12-21(20-19-16)14-5-3-2-4-6-14/h2-10,12H,11H2,1H3,(H,18,22). The van der Waals surface area contributed by atoms with E-state index in [4.69, 9.17) is 4.74 Å². The Morgan fingerprint density at radius 2 is 1.87 bits per heavy atom. The molecule has 0 radical (unpaired) electrons. The summed E-state index contributed by atoms with van der Waals surface area (Å²) in [6.07, 6.45) is 1.61. The van der Waals surface area contributed by atoms with Crippen molar-refractivity contribution in [3.8, 4) is 11.4 Å². The molecular weight excluding hydrogens is 292 g/mol. The molecule has 1 heterocycles. The number of nitrogens with zero attached hydrogens (tertiary/aromatic N) is 3. The second-order valence-corrected chi connectivity index (χ2v) is 4.91. The van der Waals surface area contributed by atoms with Crippen LogP contribution in [0.4, 0.5) is 0 Å². The van der Waals surface area contributed by atoms with E-state index < -0.39 is 0 Å². The normalized spacial score (nSPS) is 10.3. The van der Waals surface area contributed by atoms with Crippen molar-refractivity contribution < 1.29 is 9.53 Å². The number of ether oxygens (including phenoxy) is 1. The molecule has 0 bridgehead atoms. The molecule has 0 aliphatic carbocycles. The van der Waals surface area contributed by atoms with Gasteiger partial charge in [-0.1, -0.05) is 35.5 Å². The van der Waals surface area contributed by atoms with Crippen molar-refractivity contribution in [3.05, 3.63) is 72.1 Å². The van der Waals surface area contributed by atoms with Gasteiger partial charge in [0.25, 0.3) is 5.91 Å². The summed E-state index contributed by atoms with van der Waals surface area (Å²) < 4.78 is 6.67. The van der Waals surface area contributed by atoms with Gasteiger partial charge in [0.1, 0.15) is 5.75 Å². The number of rotatable bonds is 5. The van der Waals surface area contributed by atoms with E-state index in [1.54, 1.807) is 18.0 Å². The van der Waals surface area contributed by atoms with Crippen molar-refractivity contribution in [2.75, 3.05) is 7.11 Å². The minimum atomic E-state index is -0.261. The average molecular weight is 308 g/mol. The van der Waals surface area contributed by atoms with E-state index in [1.807, 2.05) is 54.6 Å². The second kappa shape index (κ2) is 6.74. The highest BCUT2D eigenvalue weighted by Crippen LogP contribution is 2.11. The molecule has 1 amide bonds. The minimum absolute atomic E-state index is 0.261. The molecule has 0 aliphatic heterocycles. The van der Waals surface area contributed by atoms with E-state index in [0.29, 0.717) is 6.54 Å². The van der Waals surface area contributed by atoms with E-state index in [9.17, 15) is 4.79 Å². The van der Waals surface area contributed by atoms with E-state index >= 15 is 0 Å². The molecule has 0 fully saturated rings. The summed E-state index contributed by atoms with van der Waals surface area (Å²) in [6, 6.07) is 17.0. The highest BCUT2D eigenvalue weighted by molar-refractivity contribution is 5.91. The van der Waals surface area contributed by atoms with Crippen LogP contribution in [0.25, 0.3) is 5.69 Å². The van der Waals surface area contributed by atoms with E-state index in [-0.39, 0.29) is 11.6 Å². The first kappa shape index (κ1) is 14.8. The fourth-order valence-electron chi connectivity index (χ4n) is 2.09. The minimum Gasteiger partial charge on any atom is -0.497 e. The summed E-state index contributed by atoms with van der Waals surface area (Å²) >= 11 is 0. The quantitative estimate of drug-likeness (QED) is 0.784. The van der Waals surface area contributed by atoms with Crippen LogP contribution in [0.15, 0.2) is 60.8 Å². The molecule has 3 aromatic rings. The van der Waals surface area contributed by atoms with Gasteiger partial charge in [-0.15, -0.1) is 5.10 Å². The van der Waals surface area contributed by atoms with Crippen molar-refractivity contribution in [2.24, 2.45) is 0 Å². The molecule has 0 saturated carbocycles. The molecule has 23 heavy (non-hydrogen) atoms. The van der Waals surface area contributed by atoms with Crippen molar-refractivity contribution >= 4 is 5.91 Å². The largest absolute Gasteiger partial charge is 0.497 e. The van der Waals surface area contributed by atoms with Crippen molar-refractivity contribution in [1.29, 1.82) is 0 Å². The third kappa shape index (κ3) is 3.55. The van der Waals surface area contributed by atoms with Crippen LogP contribution in [0.2, 0.25) is 0 Å². The number of hydrogen-bond acceptors (Lipinski definition) is 4. The van der Waals surface area contributed by atoms with Crippen LogP contribution in [0.5, 0.6) is 5.75 Å². The summed E-state index contributed by atoms with van der Waals surface area (Å²) in [7, 11) is 1.62. The topological polar surface area (TPSA) is 69.0 Å². The summed E-state index contributed by atoms with van der Waals surface area (Å²) in [5.74, 6) is 0.522. The maximum atomic E-state index is 12.1. The molecule has 0 atom stereocenters. The molecule has 6 heteroatoms. The third-order valence-corrected chi connectivity index (χ3v) is 3.36. The molecule has 0 aliphatic rings. The van der Waals surface area contributed by atoms with Crippen LogP contribution in [-0.4, -0.2) is 28.0 Å². The average Bonchev–Trinajstić information content (AvgIpc) is 3.11. The monoisotopic (exact) mass is 308 g/mol. The van der Waals surface area contributed by atoms with Gasteiger partial charge in [-0.05, 0) is 29.8 Å². The lowest BCUT2D eigenvalue weighted by molar-refractivity contribution is 0.0946. The lowest BCUT2D eigenvalue weighted by Crippen LogP contribution is -2.23. The molecule has 0 unspecified atom stereocenters. The van der Waals surface area contributed by atoms with Gasteiger partial charge in [-0.3, -0.25) is 4.79 Å². The SMILES string of the molecule is COc1ccc(CNC(=O)c2cn(-c3ccccc3)nn2)cc1. The van der Waals surface area contributed by atoms with Crippen LogP contribution < -0.4 is 10.1 Å². The highest BCUT2D eigenvalue weighted by atomic mass is 16.5. The van der Waals surface area contributed by atoms with Crippen LogP contribution in [-0.2, 0) is 6.54 Å². The van der Waals surface area contributed by atoms with Crippen molar-refractivity contribution in [1.82, 2.24) is 20.3 Å². The Balaban J connectivity index is 1.63. The lowest BCUT2D eigenvalue weighted by atomic mass is 10.2. The molecule has 3 rings (SSSR count). The maximum absolute atomic E-state index is 12.1. The molecule has 0 spiro atoms. The Hall–Kier alpha value is -3.15. The number of para-hydroxylation sites is 1. The number of carbonyl (C=O) groups is 1. The van der Waals surface area contributed by atoms with Gasteiger partial charge < -0.3 is 10.1 Å². The first-order chi connectivity index (χ1) is 11.3. The molecular formula is C17H16N4O2. The van der Waals surface area contributed by atoms with Crippen LogP contribution in [0.3, 0.4) is 0 Å². The first-order valence-corrected chi connectivity index (χ1v) is 7.15. The predicted octanol–water partition coefficient (Wildman–Crippen LogP) is 2.21. The van der Waals surface area contributed by atoms with Crippen LogP contribution in [0, 0.1) is 0 Å². The Morgan fingerprint density at radius 3 is 2.57 bits per heavy atom. The van der Waals surface area contributed by atoms with Gasteiger partial charge in [0, 0.05) is 6.54 Å². The molecule has 2 aromatic carbocycles. The van der Waals surface area contributed by atoms with Crippen molar-refractivity contribution in [3.63, 3.8) is 0 Å². The summed E-state index contributed by atoms with van der Waals surface area (Å²) in [6.45, 7) is 0.418. The van der Waals surface area contributed by atoms with Gasteiger partial charge in [-0.2, -0.15) is 0 Å². The molecule has 6 nitrogen and oxygen atoms in total. The van der Waals surface area contributed by atoms with Gasteiger partial charge in [-0.25, -0.2) is 4.68 Å². The Bertz CT molecular complexity index is 782. The van der Waals surface area contributed by atoms with Gasteiger partial charge in [0.2, 0.25) is 0 Å². The van der Waals surface area contributed by atoms with Crippen molar-refractivity contribution in [2.45, 2.75) is 6.54 Å². The van der Waals surface area contributed by atoms with Gasteiger partial charge >= 0.3 is 0 Å². The molecule has 0 saturated heterocycles. The number of amides is 1. The zero-order valence-electron chi connectivity index (χ0n) is 12.6. The third-order valence-electron chi connectivity index (χ3n) is 3.36. The summed E-state index contributed by atoms with van der Waals surface area (Å²) in [5, 5.41) is 10.7. The Morgan fingerprint density at radius 1 is 1.13 bits per heavy atom. The van der Waals surface area contributed by atoms with E-state index in [0.717, 1.165) is 17.0 Å². The number of carbonyl (C=O) groups excluding carboxylic acids is 1. The Labute approximate surface area is 133 Å². The van der Waals surface area contributed by atoms with E-state index in [1.165, 1.54) is 0 Å². The lowest BCUT2D eigenvalue weighted by Gasteiger charge is -2.04. The van der Waals surface area contributed by atoms with Crippen LogP contribution in [0.1, 0.15) is 16.1 Å². The second-order valence-electron chi connectivity index (χ2n) is 4.91.